The number of thioether (sulfide) groups is 1. The van der Waals surface area contributed by atoms with Crippen LogP contribution in [0.2, 0.25) is 0 Å². The van der Waals surface area contributed by atoms with E-state index >= 15 is 0 Å². The number of rotatable bonds is 5. The summed E-state index contributed by atoms with van der Waals surface area (Å²) in [5.41, 5.74) is 3.12. The highest BCUT2D eigenvalue weighted by Gasteiger charge is 2.11. The number of anilines is 1. The molecule has 0 saturated carbocycles. The molecular formula is C22H16N6OS. The Morgan fingerprint density at radius 1 is 1.03 bits per heavy atom. The molecule has 30 heavy (non-hydrogen) atoms. The van der Waals surface area contributed by atoms with Crippen LogP contribution >= 0.6 is 11.8 Å². The van der Waals surface area contributed by atoms with Gasteiger partial charge in [0, 0.05) is 40.2 Å². The average molecular weight is 412 g/mol. The summed E-state index contributed by atoms with van der Waals surface area (Å²) in [6, 6.07) is 15.3. The normalized spacial score (nSPS) is 11.1. The second-order valence-corrected chi connectivity index (χ2v) is 7.62. The molecular weight excluding hydrogens is 396 g/mol. The van der Waals surface area contributed by atoms with Gasteiger partial charge in [-0.1, -0.05) is 24.3 Å². The van der Waals surface area contributed by atoms with Crippen LogP contribution in [0.5, 0.6) is 0 Å². The van der Waals surface area contributed by atoms with Crippen LogP contribution in [0.15, 0.2) is 78.5 Å². The number of fused-ring (bicyclic) bond motifs is 2. The Morgan fingerprint density at radius 3 is 2.93 bits per heavy atom. The zero-order chi connectivity index (χ0) is 20.3. The van der Waals surface area contributed by atoms with E-state index in [1.165, 1.54) is 6.33 Å². The number of nitrogens with zero attached hydrogens (tertiary/aromatic N) is 4. The fourth-order valence-electron chi connectivity index (χ4n) is 3.24. The summed E-state index contributed by atoms with van der Waals surface area (Å²) in [5, 5.41) is 13.6. The maximum Gasteiger partial charge on any atom is 0.255 e. The fraction of sp³-hybridized carbons (Fsp3) is 0.0455. The van der Waals surface area contributed by atoms with Gasteiger partial charge < -0.3 is 5.32 Å². The molecule has 2 N–H and O–H groups in total. The minimum atomic E-state index is -0.148. The van der Waals surface area contributed by atoms with Crippen LogP contribution in [0.4, 0.5) is 5.69 Å². The Kier molecular flexibility index (Phi) is 4.82. The Morgan fingerprint density at radius 2 is 1.97 bits per heavy atom. The van der Waals surface area contributed by atoms with E-state index in [0.29, 0.717) is 17.0 Å². The second kappa shape index (κ2) is 7.92. The molecule has 0 atom stereocenters. The molecule has 146 valence electrons. The van der Waals surface area contributed by atoms with Crippen molar-refractivity contribution in [2.24, 2.45) is 0 Å². The van der Waals surface area contributed by atoms with Gasteiger partial charge in [0.05, 0.1) is 11.6 Å². The Hall–Kier alpha value is -3.78. The van der Waals surface area contributed by atoms with Crippen molar-refractivity contribution in [2.45, 2.75) is 10.8 Å². The first-order chi connectivity index (χ1) is 14.8. The van der Waals surface area contributed by atoms with Gasteiger partial charge in [0.15, 0.2) is 5.65 Å². The highest BCUT2D eigenvalue weighted by Crippen LogP contribution is 2.27. The molecule has 0 spiro atoms. The van der Waals surface area contributed by atoms with E-state index in [1.807, 2.05) is 48.5 Å². The number of benzene rings is 2. The van der Waals surface area contributed by atoms with Crippen molar-refractivity contribution in [3.05, 3.63) is 84.6 Å². The first kappa shape index (κ1) is 18.3. The third kappa shape index (κ3) is 3.60. The van der Waals surface area contributed by atoms with Crippen molar-refractivity contribution in [3.63, 3.8) is 0 Å². The SMILES string of the molecule is O=C(Nc1cccc2cnccc12)c1cccc(CSc2ncnc3[nH]ncc23)c1. The molecule has 3 aromatic heterocycles. The summed E-state index contributed by atoms with van der Waals surface area (Å²) in [6.07, 6.45) is 6.75. The molecule has 0 bridgehead atoms. The van der Waals surface area contributed by atoms with Gasteiger partial charge in [-0.3, -0.25) is 14.9 Å². The lowest BCUT2D eigenvalue weighted by Crippen LogP contribution is -2.12. The van der Waals surface area contributed by atoms with E-state index in [4.69, 9.17) is 0 Å². The van der Waals surface area contributed by atoms with E-state index in [9.17, 15) is 4.79 Å². The molecule has 8 heteroatoms. The van der Waals surface area contributed by atoms with E-state index in [0.717, 1.165) is 32.4 Å². The molecule has 0 fully saturated rings. The van der Waals surface area contributed by atoms with Crippen molar-refractivity contribution < 1.29 is 4.79 Å². The van der Waals surface area contributed by atoms with Crippen LogP contribution in [-0.2, 0) is 5.75 Å². The molecule has 0 aliphatic heterocycles. The molecule has 5 rings (SSSR count). The first-order valence-corrected chi connectivity index (χ1v) is 10.3. The van der Waals surface area contributed by atoms with Crippen LogP contribution < -0.4 is 5.32 Å². The quantitative estimate of drug-likeness (QED) is 0.327. The lowest BCUT2D eigenvalue weighted by molar-refractivity contribution is 0.102. The minimum Gasteiger partial charge on any atom is -0.321 e. The molecule has 0 radical (unpaired) electrons. The molecule has 0 aliphatic carbocycles. The number of hydrogen-bond acceptors (Lipinski definition) is 6. The monoisotopic (exact) mass is 412 g/mol. The molecule has 0 saturated heterocycles. The Bertz CT molecular complexity index is 1360. The molecule has 2 aromatic carbocycles. The average Bonchev–Trinajstić information content (AvgIpc) is 3.28. The smallest absolute Gasteiger partial charge is 0.255 e. The predicted octanol–water partition coefficient (Wildman–Crippen LogP) is 4.45. The number of pyridine rings is 1. The van der Waals surface area contributed by atoms with E-state index < -0.39 is 0 Å². The minimum absolute atomic E-state index is 0.148. The summed E-state index contributed by atoms with van der Waals surface area (Å²) in [7, 11) is 0. The van der Waals surface area contributed by atoms with E-state index in [-0.39, 0.29) is 5.91 Å². The van der Waals surface area contributed by atoms with Gasteiger partial charge >= 0.3 is 0 Å². The highest BCUT2D eigenvalue weighted by molar-refractivity contribution is 7.98. The zero-order valence-corrected chi connectivity index (χ0v) is 16.6. The van der Waals surface area contributed by atoms with Gasteiger partial charge in [-0.15, -0.1) is 11.8 Å². The molecule has 3 heterocycles. The maximum absolute atomic E-state index is 12.9. The van der Waals surface area contributed by atoms with Crippen LogP contribution in [0.25, 0.3) is 21.8 Å². The van der Waals surface area contributed by atoms with Crippen LogP contribution in [-0.4, -0.2) is 31.1 Å². The number of amides is 1. The molecule has 0 unspecified atom stereocenters. The van der Waals surface area contributed by atoms with Gasteiger partial charge in [-0.2, -0.15) is 5.10 Å². The topological polar surface area (TPSA) is 96.5 Å². The number of carbonyl (C=O) groups excluding carboxylic acids is 1. The van der Waals surface area contributed by atoms with Gasteiger partial charge in [0.1, 0.15) is 11.4 Å². The fourth-order valence-corrected chi connectivity index (χ4v) is 4.15. The summed E-state index contributed by atoms with van der Waals surface area (Å²) in [5.74, 6) is 0.531. The number of carbonyl (C=O) groups is 1. The maximum atomic E-state index is 12.9. The Balaban J connectivity index is 1.34. The summed E-state index contributed by atoms with van der Waals surface area (Å²) >= 11 is 1.58. The number of aromatic nitrogens is 5. The van der Waals surface area contributed by atoms with Gasteiger partial charge in [-0.25, -0.2) is 9.97 Å². The van der Waals surface area contributed by atoms with Crippen molar-refractivity contribution in [2.75, 3.05) is 5.32 Å². The van der Waals surface area contributed by atoms with Gasteiger partial charge in [-0.05, 0) is 29.8 Å². The third-order valence-electron chi connectivity index (χ3n) is 4.71. The molecule has 7 nitrogen and oxygen atoms in total. The highest BCUT2D eigenvalue weighted by atomic mass is 32.2. The van der Waals surface area contributed by atoms with Crippen LogP contribution in [0.3, 0.4) is 0 Å². The number of aromatic amines is 1. The van der Waals surface area contributed by atoms with Gasteiger partial charge in [0.2, 0.25) is 0 Å². The van der Waals surface area contributed by atoms with Crippen LogP contribution in [0, 0.1) is 0 Å². The predicted molar refractivity (Wildman–Crippen MR) is 117 cm³/mol. The number of nitrogens with one attached hydrogen (secondary N) is 2. The molecule has 5 aromatic rings. The third-order valence-corrected chi connectivity index (χ3v) is 5.78. The van der Waals surface area contributed by atoms with E-state index in [2.05, 4.69) is 30.5 Å². The molecule has 1 amide bonds. The lowest BCUT2D eigenvalue weighted by Gasteiger charge is -2.09. The standard InChI is InChI=1S/C22H16N6OS/c29-21(27-19-6-2-5-16-10-23-8-7-17(16)19)15-4-1-3-14(9-15)12-30-22-18-11-26-28-20(18)24-13-25-22/h1-11,13H,12H2,(H,27,29)(H,24,25,26,28). The van der Waals surface area contributed by atoms with Crippen molar-refractivity contribution in [3.8, 4) is 0 Å². The van der Waals surface area contributed by atoms with Crippen LogP contribution in [0.1, 0.15) is 15.9 Å². The Labute approximate surface area is 176 Å². The zero-order valence-electron chi connectivity index (χ0n) is 15.7. The summed E-state index contributed by atoms with van der Waals surface area (Å²) in [4.78, 5) is 25.5. The number of hydrogen-bond donors (Lipinski definition) is 2. The number of H-pyrrole nitrogens is 1. The molecule has 0 aliphatic rings. The first-order valence-electron chi connectivity index (χ1n) is 9.28. The largest absolute Gasteiger partial charge is 0.321 e. The van der Waals surface area contributed by atoms with Crippen molar-refractivity contribution >= 4 is 45.2 Å². The van der Waals surface area contributed by atoms with Crippen molar-refractivity contribution in [1.82, 2.24) is 25.1 Å². The van der Waals surface area contributed by atoms with E-state index in [1.54, 1.807) is 30.4 Å². The second-order valence-electron chi connectivity index (χ2n) is 6.66. The van der Waals surface area contributed by atoms with Gasteiger partial charge in [0.25, 0.3) is 5.91 Å². The van der Waals surface area contributed by atoms with Crippen molar-refractivity contribution in [1.29, 1.82) is 0 Å². The summed E-state index contributed by atoms with van der Waals surface area (Å²) in [6.45, 7) is 0. The summed E-state index contributed by atoms with van der Waals surface area (Å²) < 4.78 is 0. The lowest BCUT2D eigenvalue weighted by atomic mass is 10.1.